The van der Waals surface area contributed by atoms with E-state index < -0.39 is 10.0 Å². The molecule has 1 fully saturated rings. The van der Waals surface area contributed by atoms with Crippen LogP contribution in [0.2, 0.25) is 0 Å². The minimum atomic E-state index is -3.33. The van der Waals surface area contributed by atoms with Crippen LogP contribution in [0.4, 0.5) is 5.69 Å². The minimum absolute atomic E-state index is 0.183. The molecule has 0 aromatic heterocycles. The molecule has 1 spiro atoms. The Morgan fingerprint density at radius 2 is 1.90 bits per heavy atom. The highest BCUT2D eigenvalue weighted by Crippen LogP contribution is 2.42. The second-order valence-electron chi connectivity index (χ2n) is 6.11. The van der Waals surface area contributed by atoms with Gasteiger partial charge in [-0.15, -0.1) is 0 Å². The smallest absolute Gasteiger partial charge is 0.229 e. The first kappa shape index (κ1) is 14.5. The number of nitrogens with one attached hydrogen (secondary N) is 2. The Balaban J connectivity index is 1.96. The number of piperidine rings is 1. The monoisotopic (exact) mass is 308 g/mol. The Labute approximate surface area is 125 Å². The average molecular weight is 308 g/mol. The summed E-state index contributed by atoms with van der Waals surface area (Å²) >= 11 is 0. The number of hydrogen-bond donors (Lipinski definition) is 2. The topological polar surface area (TPSA) is 75.3 Å². The zero-order valence-corrected chi connectivity index (χ0v) is 12.9. The second-order valence-corrected chi connectivity index (χ2v) is 7.85. The molecule has 0 unspecified atom stereocenters. The molecule has 0 atom stereocenters. The van der Waals surface area contributed by atoms with Gasteiger partial charge in [-0.2, -0.15) is 0 Å². The van der Waals surface area contributed by atoms with E-state index in [1.165, 1.54) is 0 Å². The van der Waals surface area contributed by atoms with E-state index >= 15 is 0 Å². The first-order valence-electron chi connectivity index (χ1n) is 7.26. The van der Waals surface area contributed by atoms with Crippen molar-refractivity contribution in [3.63, 3.8) is 0 Å². The van der Waals surface area contributed by atoms with Gasteiger partial charge in [0.05, 0.1) is 6.26 Å². The number of hydrogen-bond acceptors (Lipinski definition) is 4. The highest BCUT2D eigenvalue weighted by atomic mass is 32.2. The van der Waals surface area contributed by atoms with Crippen molar-refractivity contribution < 1.29 is 13.2 Å². The molecule has 2 N–H and O–H groups in total. The second kappa shape index (κ2) is 5.10. The highest BCUT2D eigenvalue weighted by Gasteiger charge is 2.42. The Bertz CT molecular complexity index is 676. The summed E-state index contributed by atoms with van der Waals surface area (Å²) in [4.78, 5) is 12.9. The SMILES string of the molecule is CS(=O)(=O)Nc1ccc2c(c1)C(=O)C1(CCNCC1)CC2. The van der Waals surface area contributed by atoms with Crippen LogP contribution in [-0.4, -0.2) is 33.5 Å². The van der Waals surface area contributed by atoms with E-state index in [1.807, 2.05) is 6.07 Å². The van der Waals surface area contributed by atoms with Gasteiger partial charge < -0.3 is 5.32 Å². The van der Waals surface area contributed by atoms with Crippen LogP contribution in [0, 0.1) is 5.41 Å². The predicted octanol–water partition coefficient (Wildman–Crippen LogP) is 1.56. The third-order valence-corrected chi connectivity index (χ3v) is 5.18. The van der Waals surface area contributed by atoms with E-state index in [4.69, 9.17) is 0 Å². The molecule has 3 rings (SSSR count). The zero-order chi connectivity index (χ0) is 15.1. The standard InChI is InChI=1S/C15H20N2O3S/c1-21(19,20)17-12-3-2-11-4-5-15(6-8-16-9-7-15)14(18)13(11)10-12/h2-3,10,16-17H,4-9H2,1H3. The number of anilines is 1. The third-order valence-electron chi connectivity index (χ3n) is 4.57. The van der Waals surface area contributed by atoms with E-state index in [9.17, 15) is 13.2 Å². The predicted molar refractivity (Wildman–Crippen MR) is 82.1 cm³/mol. The fourth-order valence-electron chi connectivity index (χ4n) is 3.44. The van der Waals surface area contributed by atoms with Crippen molar-refractivity contribution in [2.45, 2.75) is 25.7 Å². The van der Waals surface area contributed by atoms with Crippen LogP contribution in [0.25, 0.3) is 0 Å². The van der Waals surface area contributed by atoms with Gasteiger partial charge in [0, 0.05) is 16.7 Å². The van der Waals surface area contributed by atoms with E-state index in [0.29, 0.717) is 11.3 Å². The molecule has 6 heteroatoms. The van der Waals surface area contributed by atoms with Crippen LogP contribution in [-0.2, 0) is 16.4 Å². The number of sulfonamides is 1. The minimum Gasteiger partial charge on any atom is -0.317 e. The molecule has 1 aliphatic carbocycles. The molecule has 0 saturated carbocycles. The number of carbonyl (C=O) groups is 1. The van der Waals surface area contributed by atoms with Gasteiger partial charge >= 0.3 is 0 Å². The normalized spacial score (nSPS) is 21.1. The molecule has 1 saturated heterocycles. The molecule has 1 aromatic rings. The van der Waals surface area contributed by atoms with Crippen molar-refractivity contribution in [1.29, 1.82) is 0 Å². The molecule has 21 heavy (non-hydrogen) atoms. The summed E-state index contributed by atoms with van der Waals surface area (Å²) < 4.78 is 25.1. The van der Waals surface area contributed by atoms with Gasteiger partial charge in [0.1, 0.15) is 0 Å². The molecule has 0 amide bonds. The van der Waals surface area contributed by atoms with Crippen molar-refractivity contribution in [3.05, 3.63) is 29.3 Å². The van der Waals surface area contributed by atoms with Gasteiger partial charge in [0.25, 0.3) is 0 Å². The van der Waals surface area contributed by atoms with Gasteiger partial charge in [-0.3, -0.25) is 9.52 Å². The lowest BCUT2D eigenvalue weighted by atomic mass is 9.65. The lowest BCUT2D eigenvalue weighted by Crippen LogP contribution is -2.44. The van der Waals surface area contributed by atoms with Crippen molar-refractivity contribution in [2.75, 3.05) is 24.1 Å². The van der Waals surface area contributed by atoms with Crippen LogP contribution < -0.4 is 10.0 Å². The van der Waals surface area contributed by atoms with Crippen LogP contribution in [0.5, 0.6) is 0 Å². The molecule has 1 heterocycles. The summed E-state index contributed by atoms with van der Waals surface area (Å²) in [6, 6.07) is 5.30. The molecule has 114 valence electrons. The number of carbonyl (C=O) groups excluding carboxylic acids is 1. The Morgan fingerprint density at radius 1 is 1.19 bits per heavy atom. The van der Waals surface area contributed by atoms with E-state index in [2.05, 4.69) is 10.0 Å². The largest absolute Gasteiger partial charge is 0.317 e. The van der Waals surface area contributed by atoms with Gasteiger partial charge in [0.15, 0.2) is 5.78 Å². The first-order valence-corrected chi connectivity index (χ1v) is 9.15. The number of aryl methyl sites for hydroxylation is 1. The van der Waals surface area contributed by atoms with Crippen LogP contribution >= 0.6 is 0 Å². The molecule has 1 aliphatic heterocycles. The van der Waals surface area contributed by atoms with E-state index in [0.717, 1.165) is 50.6 Å². The molecule has 2 aliphatic rings. The summed E-state index contributed by atoms with van der Waals surface area (Å²) in [6.45, 7) is 1.75. The maximum absolute atomic E-state index is 12.9. The van der Waals surface area contributed by atoms with Crippen molar-refractivity contribution in [2.24, 2.45) is 5.41 Å². The fourth-order valence-corrected chi connectivity index (χ4v) is 3.99. The van der Waals surface area contributed by atoms with Gasteiger partial charge in [-0.1, -0.05) is 6.07 Å². The lowest BCUT2D eigenvalue weighted by Gasteiger charge is -2.40. The average Bonchev–Trinajstić information content (AvgIpc) is 2.43. The number of benzene rings is 1. The summed E-state index contributed by atoms with van der Waals surface area (Å²) in [6.07, 6.45) is 4.65. The number of ketones is 1. The van der Waals surface area contributed by atoms with E-state index in [1.54, 1.807) is 12.1 Å². The molecular formula is C15H20N2O3S. The Hall–Kier alpha value is -1.40. The van der Waals surface area contributed by atoms with Crippen molar-refractivity contribution in [1.82, 2.24) is 5.32 Å². The number of rotatable bonds is 2. The van der Waals surface area contributed by atoms with Crippen LogP contribution in [0.15, 0.2) is 18.2 Å². The summed E-state index contributed by atoms with van der Waals surface area (Å²) in [7, 11) is -3.33. The fraction of sp³-hybridized carbons (Fsp3) is 0.533. The lowest BCUT2D eigenvalue weighted by molar-refractivity contribution is 0.0686. The third kappa shape index (κ3) is 2.82. The maximum Gasteiger partial charge on any atom is 0.229 e. The Morgan fingerprint density at radius 3 is 2.57 bits per heavy atom. The van der Waals surface area contributed by atoms with Gasteiger partial charge in [-0.05, 0) is 56.5 Å². The highest BCUT2D eigenvalue weighted by molar-refractivity contribution is 7.92. The van der Waals surface area contributed by atoms with Gasteiger partial charge in [0.2, 0.25) is 10.0 Å². The Kier molecular flexibility index (Phi) is 3.53. The maximum atomic E-state index is 12.9. The molecule has 0 bridgehead atoms. The first-order chi connectivity index (χ1) is 9.90. The quantitative estimate of drug-likeness (QED) is 0.869. The van der Waals surface area contributed by atoms with Crippen molar-refractivity contribution in [3.8, 4) is 0 Å². The van der Waals surface area contributed by atoms with Crippen LogP contribution in [0.3, 0.4) is 0 Å². The summed E-state index contributed by atoms with van der Waals surface area (Å²) in [5.41, 5.74) is 1.94. The summed E-state index contributed by atoms with van der Waals surface area (Å²) in [5.74, 6) is 0.183. The van der Waals surface area contributed by atoms with Gasteiger partial charge in [-0.25, -0.2) is 8.42 Å². The molecule has 0 radical (unpaired) electrons. The molecular weight excluding hydrogens is 288 g/mol. The number of fused-ring (bicyclic) bond motifs is 1. The zero-order valence-electron chi connectivity index (χ0n) is 12.1. The molecule has 1 aromatic carbocycles. The van der Waals surface area contributed by atoms with E-state index in [-0.39, 0.29) is 11.2 Å². The molecule has 5 nitrogen and oxygen atoms in total. The summed E-state index contributed by atoms with van der Waals surface area (Å²) in [5, 5.41) is 3.30. The number of Topliss-reactive ketones (excluding diaryl/α,β-unsaturated/α-hetero) is 1. The van der Waals surface area contributed by atoms with Crippen molar-refractivity contribution >= 4 is 21.5 Å². The van der Waals surface area contributed by atoms with Crippen LogP contribution in [0.1, 0.15) is 35.2 Å².